The number of amides is 2. The topological polar surface area (TPSA) is 84.4 Å². The molecule has 1 fully saturated rings. The average Bonchev–Trinajstić information content (AvgIpc) is 3.24. The fourth-order valence-corrected chi connectivity index (χ4v) is 2.60. The minimum absolute atomic E-state index is 0.0211. The van der Waals surface area contributed by atoms with Gasteiger partial charge in [0.2, 0.25) is 11.7 Å². The molecule has 0 unspecified atom stereocenters. The van der Waals surface area contributed by atoms with Crippen molar-refractivity contribution >= 4 is 6.03 Å². The van der Waals surface area contributed by atoms with Crippen LogP contribution in [0.25, 0.3) is 11.6 Å². The minimum atomic E-state index is -0.297. The van der Waals surface area contributed by atoms with E-state index in [-0.39, 0.29) is 17.8 Å². The Kier molecular flexibility index (Phi) is 3.93. The number of nitrogens with zero attached hydrogens (tertiary/aromatic N) is 3. The van der Waals surface area contributed by atoms with Crippen LogP contribution >= 0.6 is 0 Å². The van der Waals surface area contributed by atoms with Crippen molar-refractivity contribution < 1.29 is 18.1 Å². The number of halogens is 1. The van der Waals surface area contributed by atoms with Gasteiger partial charge in [-0.3, -0.25) is 0 Å². The van der Waals surface area contributed by atoms with Gasteiger partial charge in [-0.05, 0) is 29.8 Å². The van der Waals surface area contributed by atoms with Gasteiger partial charge in [-0.25, -0.2) is 9.18 Å². The van der Waals surface area contributed by atoms with Gasteiger partial charge < -0.3 is 19.2 Å². The predicted octanol–water partition coefficient (Wildman–Crippen LogP) is 2.78. The van der Waals surface area contributed by atoms with E-state index in [9.17, 15) is 9.18 Å². The first-order valence-corrected chi connectivity index (χ1v) is 7.84. The minimum Gasteiger partial charge on any atom is -0.461 e. The molecule has 0 atom stereocenters. The summed E-state index contributed by atoms with van der Waals surface area (Å²) in [6.07, 6.45) is 1.54. The molecule has 3 aromatic rings. The summed E-state index contributed by atoms with van der Waals surface area (Å²) in [5.41, 5.74) is 0.840. The smallest absolute Gasteiger partial charge is 0.317 e. The van der Waals surface area contributed by atoms with Gasteiger partial charge in [-0.1, -0.05) is 17.3 Å². The van der Waals surface area contributed by atoms with Crippen molar-refractivity contribution in [1.82, 2.24) is 20.4 Å². The molecule has 0 spiro atoms. The Bertz CT molecular complexity index is 854. The summed E-state index contributed by atoms with van der Waals surface area (Å²) in [7, 11) is 0. The van der Waals surface area contributed by atoms with Gasteiger partial charge in [0.1, 0.15) is 5.82 Å². The second kappa shape index (κ2) is 6.39. The monoisotopic (exact) mass is 342 g/mol. The Morgan fingerprint density at radius 3 is 2.80 bits per heavy atom. The third-order valence-electron chi connectivity index (χ3n) is 4.06. The number of carbonyl (C=O) groups excluding carboxylic acids is 1. The first-order valence-electron chi connectivity index (χ1n) is 7.84. The Morgan fingerprint density at radius 1 is 1.28 bits per heavy atom. The van der Waals surface area contributed by atoms with E-state index in [1.165, 1.54) is 12.1 Å². The number of benzene rings is 1. The lowest BCUT2D eigenvalue weighted by Crippen LogP contribution is -2.52. The third kappa shape index (κ3) is 3.23. The van der Waals surface area contributed by atoms with Gasteiger partial charge in [-0.15, -0.1) is 0 Å². The maximum absolute atomic E-state index is 12.9. The molecule has 4 rings (SSSR count). The highest BCUT2D eigenvalue weighted by atomic mass is 19.1. The summed E-state index contributed by atoms with van der Waals surface area (Å²) in [5, 5.41) is 6.69. The summed E-state index contributed by atoms with van der Waals surface area (Å²) >= 11 is 0. The van der Waals surface area contributed by atoms with Crippen molar-refractivity contribution in [1.29, 1.82) is 0 Å². The van der Waals surface area contributed by atoms with E-state index in [1.54, 1.807) is 35.4 Å². The molecule has 3 heterocycles. The summed E-state index contributed by atoms with van der Waals surface area (Å²) in [6, 6.07) is 9.35. The van der Waals surface area contributed by atoms with Gasteiger partial charge in [-0.2, -0.15) is 4.98 Å². The van der Waals surface area contributed by atoms with Gasteiger partial charge >= 0.3 is 6.03 Å². The Labute approximate surface area is 142 Å². The largest absolute Gasteiger partial charge is 0.461 e. The number of urea groups is 1. The van der Waals surface area contributed by atoms with Crippen LogP contribution < -0.4 is 5.32 Å². The van der Waals surface area contributed by atoms with Gasteiger partial charge in [0.15, 0.2) is 5.76 Å². The van der Waals surface area contributed by atoms with Gasteiger partial charge in [0, 0.05) is 19.6 Å². The third-order valence-corrected chi connectivity index (χ3v) is 4.06. The number of hydrogen-bond donors (Lipinski definition) is 1. The van der Waals surface area contributed by atoms with Crippen molar-refractivity contribution in [3.8, 4) is 11.6 Å². The van der Waals surface area contributed by atoms with Crippen LogP contribution in [0.2, 0.25) is 0 Å². The zero-order chi connectivity index (χ0) is 17.2. The Morgan fingerprint density at radius 2 is 2.08 bits per heavy atom. The quantitative estimate of drug-likeness (QED) is 0.788. The molecule has 1 aliphatic heterocycles. The maximum atomic E-state index is 12.9. The lowest BCUT2D eigenvalue weighted by atomic mass is 10.0. The van der Waals surface area contributed by atoms with Crippen LogP contribution in [0.15, 0.2) is 51.6 Å². The molecule has 128 valence electrons. The molecule has 1 saturated heterocycles. The van der Waals surface area contributed by atoms with E-state index < -0.39 is 0 Å². The van der Waals surface area contributed by atoms with E-state index in [2.05, 4.69) is 15.5 Å². The molecule has 2 aromatic heterocycles. The standard InChI is InChI=1S/C17H15FN4O3/c18-13-5-3-11(4-6-13)8-19-17(23)22-9-12(10-22)16-20-15(21-25-16)14-2-1-7-24-14/h1-7,12H,8-10H2,(H,19,23). The molecule has 1 N–H and O–H groups in total. The number of hydrogen-bond acceptors (Lipinski definition) is 5. The van der Waals surface area contributed by atoms with Crippen LogP contribution in [0.4, 0.5) is 9.18 Å². The highest BCUT2D eigenvalue weighted by Gasteiger charge is 2.35. The molecule has 0 radical (unpaired) electrons. The highest BCUT2D eigenvalue weighted by molar-refractivity contribution is 5.75. The molecular weight excluding hydrogens is 327 g/mol. The number of carbonyl (C=O) groups is 1. The van der Waals surface area contributed by atoms with Crippen molar-refractivity contribution in [2.45, 2.75) is 12.5 Å². The van der Waals surface area contributed by atoms with Crippen LogP contribution in [0.1, 0.15) is 17.4 Å². The summed E-state index contributed by atoms with van der Waals surface area (Å²) in [4.78, 5) is 18.1. The molecule has 2 amide bonds. The van der Waals surface area contributed by atoms with Crippen LogP contribution in [-0.4, -0.2) is 34.2 Å². The number of rotatable bonds is 4. The molecule has 7 nitrogen and oxygen atoms in total. The fraction of sp³-hybridized carbons (Fsp3) is 0.235. The second-order valence-electron chi connectivity index (χ2n) is 5.82. The SMILES string of the molecule is O=C(NCc1ccc(F)cc1)N1CC(c2nc(-c3ccco3)no2)C1. The fourth-order valence-electron chi connectivity index (χ4n) is 2.60. The van der Waals surface area contributed by atoms with Gasteiger partial charge in [0.25, 0.3) is 0 Å². The average molecular weight is 342 g/mol. The first kappa shape index (κ1) is 15.4. The molecule has 0 aliphatic carbocycles. The van der Waals surface area contributed by atoms with Crippen molar-refractivity contribution in [2.75, 3.05) is 13.1 Å². The Balaban J connectivity index is 1.28. The van der Waals surface area contributed by atoms with Gasteiger partial charge in [0.05, 0.1) is 12.2 Å². The van der Waals surface area contributed by atoms with E-state index in [1.807, 2.05) is 0 Å². The normalized spacial score (nSPS) is 14.4. The number of furan rings is 1. The summed E-state index contributed by atoms with van der Waals surface area (Å²) < 4.78 is 23.3. The number of aromatic nitrogens is 2. The molecule has 25 heavy (non-hydrogen) atoms. The maximum Gasteiger partial charge on any atom is 0.317 e. The van der Waals surface area contributed by atoms with E-state index in [0.29, 0.717) is 37.1 Å². The summed E-state index contributed by atoms with van der Waals surface area (Å²) in [6.45, 7) is 1.37. The zero-order valence-corrected chi connectivity index (χ0v) is 13.2. The molecule has 8 heteroatoms. The lowest BCUT2D eigenvalue weighted by Gasteiger charge is -2.36. The van der Waals surface area contributed by atoms with Crippen molar-refractivity contribution in [3.05, 3.63) is 59.9 Å². The van der Waals surface area contributed by atoms with Crippen molar-refractivity contribution in [2.24, 2.45) is 0 Å². The molecule has 1 aromatic carbocycles. The predicted molar refractivity (Wildman–Crippen MR) is 84.9 cm³/mol. The molecular formula is C17H15FN4O3. The van der Waals surface area contributed by atoms with Crippen LogP contribution in [0.5, 0.6) is 0 Å². The van der Waals surface area contributed by atoms with Crippen LogP contribution in [-0.2, 0) is 6.54 Å². The number of nitrogens with one attached hydrogen (secondary N) is 1. The highest BCUT2D eigenvalue weighted by Crippen LogP contribution is 2.27. The van der Waals surface area contributed by atoms with E-state index >= 15 is 0 Å². The lowest BCUT2D eigenvalue weighted by molar-refractivity contribution is 0.136. The van der Waals surface area contributed by atoms with Crippen LogP contribution in [0, 0.1) is 5.82 Å². The zero-order valence-electron chi connectivity index (χ0n) is 13.2. The molecule has 0 saturated carbocycles. The van der Waals surface area contributed by atoms with E-state index in [4.69, 9.17) is 8.94 Å². The second-order valence-corrected chi connectivity index (χ2v) is 5.82. The molecule has 0 bridgehead atoms. The van der Waals surface area contributed by atoms with Crippen molar-refractivity contribution in [3.63, 3.8) is 0 Å². The number of likely N-dealkylation sites (tertiary alicyclic amines) is 1. The van der Waals surface area contributed by atoms with E-state index in [0.717, 1.165) is 5.56 Å². The molecule has 1 aliphatic rings. The Hall–Kier alpha value is -3.16. The van der Waals surface area contributed by atoms with Crippen LogP contribution in [0.3, 0.4) is 0 Å². The first-order chi connectivity index (χ1) is 12.2. The summed E-state index contributed by atoms with van der Waals surface area (Å²) in [5.74, 6) is 1.17.